The second-order valence-electron chi connectivity index (χ2n) is 3.94. The van der Waals surface area contributed by atoms with Crippen LogP contribution in [-0.4, -0.2) is 11.0 Å². The first-order chi connectivity index (χ1) is 9.10. The van der Waals surface area contributed by atoms with Crippen molar-refractivity contribution < 1.29 is 9.90 Å². The minimum atomic E-state index is -0.290. The van der Waals surface area contributed by atoms with Crippen LogP contribution in [0.4, 0.5) is 5.69 Å². The highest BCUT2D eigenvalue weighted by Crippen LogP contribution is 2.22. The first kappa shape index (κ1) is 14.1. The summed E-state index contributed by atoms with van der Waals surface area (Å²) in [6, 6.07) is 12.1. The van der Waals surface area contributed by atoms with E-state index in [-0.39, 0.29) is 12.5 Å². The van der Waals surface area contributed by atoms with Crippen molar-refractivity contribution in [1.82, 2.24) is 0 Å². The molecule has 5 heteroatoms. The van der Waals surface area contributed by atoms with Gasteiger partial charge >= 0.3 is 0 Å². The summed E-state index contributed by atoms with van der Waals surface area (Å²) in [5, 5.41) is 12.2. The molecule has 0 fully saturated rings. The minimum Gasteiger partial charge on any atom is -0.392 e. The molecule has 0 aliphatic rings. The summed E-state index contributed by atoms with van der Waals surface area (Å²) in [6.45, 7) is -0.0681. The molecule has 98 valence electrons. The molecule has 0 aliphatic carbocycles. The second-order valence-corrected chi connectivity index (χ2v) is 5.26. The van der Waals surface area contributed by atoms with Gasteiger partial charge in [-0.15, -0.1) is 0 Å². The summed E-state index contributed by atoms with van der Waals surface area (Å²) in [6.07, 6.45) is 0. The van der Waals surface area contributed by atoms with Crippen molar-refractivity contribution in [1.29, 1.82) is 0 Å². The van der Waals surface area contributed by atoms with Crippen LogP contribution in [0.3, 0.4) is 0 Å². The van der Waals surface area contributed by atoms with E-state index in [1.54, 1.807) is 42.5 Å². The molecule has 0 saturated heterocycles. The Morgan fingerprint density at radius 3 is 2.79 bits per heavy atom. The Bertz CT molecular complexity index is 616. The molecule has 1 amide bonds. The van der Waals surface area contributed by atoms with Crippen LogP contribution in [-0.2, 0) is 6.61 Å². The smallest absolute Gasteiger partial charge is 0.257 e. The molecule has 0 radical (unpaired) electrons. The van der Waals surface area contributed by atoms with Crippen LogP contribution in [0.1, 0.15) is 15.9 Å². The minimum absolute atomic E-state index is 0.0681. The van der Waals surface area contributed by atoms with Gasteiger partial charge in [0.05, 0.1) is 17.2 Å². The lowest BCUT2D eigenvalue weighted by Crippen LogP contribution is -2.12. The van der Waals surface area contributed by atoms with E-state index in [1.165, 1.54) is 0 Å². The summed E-state index contributed by atoms with van der Waals surface area (Å²) in [5.41, 5.74) is 1.75. The number of anilines is 1. The van der Waals surface area contributed by atoms with Gasteiger partial charge in [0.2, 0.25) is 0 Å². The van der Waals surface area contributed by atoms with E-state index in [9.17, 15) is 4.79 Å². The predicted molar refractivity (Wildman–Crippen MR) is 79.5 cm³/mol. The highest BCUT2D eigenvalue weighted by molar-refractivity contribution is 9.10. The molecule has 2 aromatic rings. The maximum Gasteiger partial charge on any atom is 0.257 e. The molecule has 3 nitrogen and oxygen atoms in total. The van der Waals surface area contributed by atoms with E-state index in [1.807, 2.05) is 0 Å². The zero-order chi connectivity index (χ0) is 13.8. The Labute approximate surface area is 124 Å². The number of hydrogen-bond acceptors (Lipinski definition) is 2. The van der Waals surface area contributed by atoms with Crippen molar-refractivity contribution in [3.8, 4) is 0 Å². The third-order valence-corrected chi connectivity index (χ3v) is 3.36. The number of rotatable bonds is 3. The van der Waals surface area contributed by atoms with Crippen LogP contribution >= 0.6 is 27.5 Å². The molecule has 0 aromatic heterocycles. The number of carbonyl (C=O) groups excluding carboxylic acids is 1. The monoisotopic (exact) mass is 339 g/mol. The van der Waals surface area contributed by atoms with Gasteiger partial charge in [-0.1, -0.05) is 39.7 Å². The number of carbonyl (C=O) groups is 1. The van der Waals surface area contributed by atoms with E-state index in [0.717, 1.165) is 10.0 Å². The van der Waals surface area contributed by atoms with Crippen LogP contribution in [0.15, 0.2) is 46.9 Å². The predicted octanol–water partition coefficient (Wildman–Crippen LogP) is 3.85. The fourth-order valence-electron chi connectivity index (χ4n) is 1.62. The lowest BCUT2D eigenvalue weighted by atomic mass is 10.2. The Balaban J connectivity index is 2.23. The van der Waals surface area contributed by atoms with E-state index in [0.29, 0.717) is 16.3 Å². The molecular weight excluding hydrogens is 330 g/mol. The first-order valence-corrected chi connectivity index (χ1v) is 6.73. The molecule has 0 atom stereocenters. The topological polar surface area (TPSA) is 49.3 Å². The van der Waals surface area contributed by atoms with Gasteiger partial charge in [0.15, 0.2) is 0 Å². The average molecular weight is 341 g/mol. The Morgan fingerprint density at radius 2 is 2.05 bits per heavy atom. The molecule has 0 bridgehead atoms. The lowest BCUT2D eigenvalue weighted by Gasteiger charge is -2.08. The molecule has 0 heterocycles. The van der Waals surface area contributed by atoms with Gasteiger partial charge in [-0.25, -0.2) is 0 Å². The van der Waals surface area contributed by atoms with Crippen LogP contribution in [0.25, 0.3) is 0 Å². The lowest BCUT2D eigenvalue weighted by molar-refractivity contribution is 0.102. The third kappa shape index (κ3) is 3.56. The number of aliphatic hydroxyl groups is 1. The van der Waals surface area contributed by atoms with Gasteiger partial charge in [-0.3, -0.25) is 4.79 Å². The number of hydrogen-bond donors (Lipinski definition) is 2. The standard InChI is InChI=1S/C14H11BrClNO2/c15-10-4-5-13(16)12(7-10)14(19)17-11-3-1-2-9(6-11)8-18/h1-7,18H,8H2,(H,17,19). The number of halogens is 2. The summed E-state index contributed by atoms with van der Waals surface area (Å²) in [5.74, 6) is -0.290. The first-order valence-electron chi connectivity index (χ1n) is 5.56. The van der Waals surface area contributed by atoms with Crippen LogP contribution in [0.5, 0.6) is 0 Å². The van der Waals surface area contributed by atoms with Gasteiger partial charge in [0, 0.05) is 10.2 Å². The maximum atomic E-state index is 12.1. The normalized spacial score (nSPS) is 10.3. The molecule has 0 spiro atoms. The Morgan fingerprint density at radius 1 is 1.26 bits per heavy atom. The van der Waals surface area contributed by atoms with Crippen molar-refractivity contribution in [3.63, 3.8) is 0 Å². The van der Waals surface area contributed by atoms with E-state index in [4.69, 9.17) is 16.7 Å². The van der Waals surface area contributed by atoms with Gasteiger partial charge in [-0.2, -0.15) is 0 Å². The molecule has 2 aromatic carbocycles. The summed E-state index contributed by atoms with van der Waals surface area (Å²) in [4.78, 5) is 12.1. The number of aliphatic hydroxyl groups excluding tert-OH is 1. The quantitative estimate of drug-likeness (QED) is 0.891. The highest BCUT2D eigenvalue weighted by atomic mass is 79.9. The van der Waals surface area contributed by atoms with Crippen LogP contribution in [0, 0.1) is 0 Å². The summed E-state index contributed by atoms with van der Waals surface area (Å²) >= 11 is 9.30. The molecule has 2 rings (SSSR count). The molecular formula is C14H11BrClNO2. The Hall–Kier alpha value is -1.36. The molecule has 0 saturated carbocycles. The van der Waals surface area contributed by atoms with Gasteiger partial charge in [-0.05, 0) is 35.9 Å². The van der Waals surface area contributed by atoms with Gasteiger partial charge < -0.3 is 10.4 Å². The van der Waals surface area contributed by atoms with Crippen molar-refractivity contribution >= 4 is 39.1 Å². The molecule has 0 aliphatic heterocycles. The molecule has 19 heavy (non-hydrogen) atoms. The Kier molecular flexibility index (Phi) is 4.58. The van der Waals surface area contributed by atoms with E-state index in [2.05, 4.69) is 21.2 Å². The SMILES string of the molecule is O=C(Nc1cccc(CO)c1)c1cc(Br)ccc1Cl. The molecule has 2 N–H and O–H groups in total. The average Bonchev–Trinajstić information content (AvgIpc) is 2.41. The van der Waals surface area contributed by atoms with Crippen molar-refractivity contribution in [3.05, 3.63) is 63.1 Å². The van der Waals surface area contributed by atoms with Crippen molar-refractivity contribution in [2.75, 3.05) is 5.32 Å². The number of amides is 1. The van der Waals surface area contributed by atoms with Gasteiger partial charge in [0.25, 0.3) is 5.91 Å². The fourth-order valence-corrected chi connectivity index (χ4v) is 2.18. The highest BCUT2D eigenvalue weighted by Gasteiger charge is 2.11. The number of nitrogens with one attached hydrogen (secondary N) is 1. The molecule has 0 unspecified atom stereocenters. The van der Waals surface area contributed by atoms with E-state index >= 15 is 0 Å². The van der Waals surface area contributed by atoms with E-state index < -0.39 is 0 Å². The zero-order valence-corrected chi connectivity index (χ0v) is 12.2. The van der Waals surface area contributed by atoms with Crippen LogP contribution < -0.4 is 5.32 Å². The third-order valence-electron chi connectivity index (χ3n) is 2.54. The maximum absolute atomic E-state index is 12.1. The van der Waals surface area contributed by atoms with Crippen molar-refractivity contribution in [2.24, 2.45) is 0 Å². The fraction of sp³-hybridized carbons (Fsp3) is 0.0714. The van der Waals surface area contributed by atoms with Crippen LogP contribution in [0.2, 0.25) is 5.02 Å². The largest absolute Gasteiger partial charge is 0.392 e. The van der Waals surface area contributed by atoms with Crippen molar-refractivity contribution in [2.45, 2.75) is 6.61 Å². The second kappa shape index (κ2) is 6.19. The summed E-state index contributed by atoms with van der Waals surface area (Å²) in [7, 11) is 0. The van der Waals surface area contributed by atoms with Gasteiger partial charge in [0.1, 0.15) is 0 Å². The zero-order valence-electron chi connectivity index (χ0n) is 9.86. The summed E-state index contributed by atoms with van der Waals surface area (Å²) < 4.78 is 0.783. The number of benzene rings is 2.